The van der Waals surface area contributed by atoms with E-state index in [1.54, 1.807) is 12.1 Å². The Morgan fingerprint density at radius 3 is 1.60 bits per heavy atom. The highest BCUT2D eigenvalue weighted by molar-refractivity contribution is 5.88. The van der Waals surface area contributed by atoms with Crippen LogP contribution in [-0.2, 0) is 5.41 Å². The summed E-state index contributed by atoms with van der Waals surface area (Å²) >= 11 is 0. The number of aromatic hydroxyl groups is 1. The molecule has 0 spiro atoms. The molecule has 42 heavy (non-hydrogen) atoms. The Balaban J connectivity index is 1.56. The van der Waals surface area contributed by atoms with E-state index in [0.717, 1.165) is 22.6 Å². The van der Waals surface area contributed by atoms with Crippen LogP contribution in [0.3, 0.4) is 0 Å². The van der Waals surface area contributed by atoms with Gasteiger partial charge >= 0.3 is 0 Å². The van der Waals surface area contributed by atoms with E-state index < -0.39 is 5.41 Å². The molecule has 0 bridgehead atoms. The largest absolute Gasteiger partial charge is 0.508 e. The van der Waals surface area contributed by atoms with E-state index in [-0.39, 0.29) is 5.75 Å². The number of rotatable bonds is 9. The number of hydrogen-bond donors (Lipinski definition) is 1. The van der Waals surface area contributed by atoms with Crippen molar-refractivity contribution in [3.8, 4) is 39.5 Å². The van der Waals surface area contributed by atoms with E-state index in [0.29, 0.717) is 25.0 Å². The van der Waals surface area contributed by atoms with Gasteiger partial charge in [-0.15, -0.1) is 0 Å². The maximum Gasteiger partial charge on any atom is 0.119 e. The first kappa shape index (κ1) is 27.7. The minimum atomic E-state index is -0.536. The Morgan fingerprint density at radius 2 is 1.05 bits per heavy atom. The van der Waals surface area contributed by atoms with Gasteiger partial charge in [-0.25, -0.2) is 0 Å². The molecule has 0 aliphatic heterocycles. The van der Waals surface area contributed by atoms with Crippen molar-refractivity contribution < 1.29 is 14.6 Å². The van der Waals surface area contributed by atoms with Crippen molar-refractivity contribution in [2.45, 2.75) is 33.1 Å². The van der Waals surface area contributed by atoms with Gasteiger partial charge in [0.15, 0.2) is 0 Å². The zero-order chi connectivity index (χ0) is 29.3. The van der Waals surface area contributed by atoms with Crippen LogP contribution in [0.5, 0.6) is 17.2 Å². The molecule has 6 rings (SSSR count). The molecule has 0 unspecified atom stereocenters. The number of fused-ring (bicyclic) bond motifs is 3. The number of hydrogen-bond acceptors (Lipinski definition) is 3. The van der Waals surface area contributed by atoms with Crippen LogP contribution < -0.4 is 9.47 Å². The molecule has 0 fully saturated rings. The van der Waals surface area contributed by atoms with Crippen LogP contribution in [-0.4, -0.2) is 18.3 Å². The predicted octanol–water partition coefficient (Wildman–Crippen LogP) is 9.49. The molecule has 1 aliphatic rings. The van der Waals surface area contributed by atoms with E-state index >= 15 is 0 Å². The molecule has 3 nitrogen and oxygen atoms in total. The molecular formula is C39H38O3. The molecule has 0 saturated heterocycles. The lowest BCUT2D eigenvalue weighted by molar-refractivity contribution is 0.271. The molecule has 212 valence electrons. The Bertz CT molecular complexity index is 1610. The summed E-state index contributed by atoms with van der Waals surface area (Å²) in [6, 6.07) is 40.2. The van der Waals surface area contributed by atoms with Crippen molar-refractivity contribution in [3.63, 3.8) is 0 Å². The third-order valence-electron chi connectivity index (χ3n) is 7.99. The fraction of sp³-hybridized carbons (Fsp3) is 0.231. The van der Waals surface area contributed by atoms with Crippen molar-refractivity contribution in [2.24, 2.45) is 11.8 Å². The summed E-state index contributed by atoms with van der Waals surface area (Å²) in [4.78, 5) is 0. The molecule has 0 heterocycles. The Morgan fingerprint density at radius 1 is 0.548 bits per heavy atom. The van der Waals surface area contributed by atoms with Gasteiger partial charge in [-0.05, 0) is 98.8 Å². The van der Waals surface area contributed by atoms with Crippen LogP contribution in [0.2, 0.25) is 0 Å². The average Bonchev–Trinajstić information content (AvgIpc) is 3.30. The Hall–Kier alpha value is -4.50. The van der Waals surface area contributed by atoms with Crippen LogP contribution in [0.4, 0.5) is 0 Å². The van der Waals surface area contributed by atoms with Crippen molar-refractivity contribution in [1.29, 1.82) is 0 Å². The lowest BCUT2D eigenvalue weighted by atomic mass is 9.67. The molecular weight excluding hydrogens is 516 g/mol. The van der Waals surface area contributed by atoms with Gasteiger partial charge in [0, 0.05) is 0 Å². The summed E-state index contributed by atoms with van der Waals surface area (Å²) in [5.41, 5.74) is 8.98. The smallest absolute Gasteiger partial charge is 0.119 e. The second-order valence-corrected chi connectivity index (χ2v) is 12.1. The Kier molecular flexibility index (Phi) is 7.51. The number of benzene rings is 5. The van der Waals surface area contributed by atoms with Crippen molar-refractivity contribution >= 4 is 0 Å². The molecule has 1 N–H and O–H groups in total. The van der Waals surface area contributed by atoms with Crippen LogP contribution in [0, 0.1) is 11.8 Å². The van der Waals surface area contributed by atoms with Gasteiger partial charge in [-0.2, -0.15) is 0 Å². The summed E-state index contributed by atoms with van der Waals surface area (Å²) in [5.74, 6) is 2.94. The third-order valence-corrected chi connectivity index (χ3v) is 7.99. The molecule has 1 aliphatic carbocycles. The number of phenols is 1. The fourth-order valence-electron chi connectivity index (χ4n) is 6.03. The molecule has 0 saturated carbocycles. The summed E-state index contributed by atoms with van der Waals surface area (Å²) in [6.07, 6.45) is 0. The molecule has 0 amide bonds. The molecule has 5 aromatic rings. The van der Waals surface area contributed by atoms with Crippen molar-refractivity contribution in [2.75, 3.05) is 13.2 Å². The van der Waals surface area contributed by atoms with Crippen LogP contribution in [0.15, 0.2) is 115 Å². The topological polar surface area (TPSA) is 38.7 Å². The molecule has 0 atom stereocenters. The van der Waals surface area contributed by atoms with Gasteiger partial charge in [0.2, 0.25) is 0 Å². The average molecular weight is 555 g/mol. The standard InChI is InChI=1S/C39H38O3/c1-26(2)24-41-33-18-12-30(13-19-33)39(31-14-20-34(21-15-31)42-25-27(3)4)37-8-6-5-7-35(37)36-22-11-29(23-38(36)39)28-9-16-32(40)17-10-28/h5-23,26-27,40H,24-25H2,1-4H3. The summed E-state index contributed by atoms with van der Waals surface area (Å²) in [6.45, 7) is 10.0. The molecule has 3 heteroatoms. The first-order valence-corrected chi connectivity index (χ1v) is 14.9. The first-order chi connectivity index (χ1) is 20.4. The summed E-state index contributed by atoms with van der Waals surface area (Å²) < 4.78 is 12.1. The van der Waals surface area contributed by atoms with E-state index in [1.807, 2.05) is 12.1 Å². The second kappa shape index (κ2) is 11.4. The third kappa shape index (κ3) is 5.05. The summed E-state index contributed by atoms with van der Waals surface area (Å²) in [7, 11) is 0. The zero-order valence-corrected chi connectivity index (χ0v) is 24.8. The molecule has 0 aromatic heterocycles. The normalized spacial score (nSPS) is 13.2. The van der Waals surface area contributed by atoms with Gasteiger partial charge in [0.05, 0.1) is 18.6 Å². The van der Waals surface area contributed by atoms with Crippen molar-refractivity contribution in [3.05, 3.63) is 138 Å². The number of ether oxygens (including phenoxy) is 2. The van der Waals surface area contributed by atoms with E-state index in [2.05, 4.69) is 119 Å². The van der Waals surface area contributed by atoms with E-state index in [4.69, 9.17) is 9.47 Å². The second-order valence-electron chi connectivity index (χ2n) is 12.1. The molecule has 0 radical (unpaired) electrons. The monoisotopic (exact) mass is 554 g/mol. The van der Waals surface area contributed by atoms with Crippen LogP contribution in [0.1, 0.15) is 49.9 Å². The highest BCUT2D eigenvalue weighted by Gasteiger charge is 2.46. The zero-order valence-electron chi connectivity index (χ0n) is 24.8. The van der Waals surface area contributed by atoms with E-state index in [9.17, 15) is 5.11 Å². The quantitative estimate of drug-likeness (QED) is 0.193. The summed E-state index contributed by atoms with van der Waals surface area (Å²) in [5, 5.41) is 9.92. The van der Waals surface area contributed by atoms with Gasteiger partial charge in [-0.1, -0.05) is 100 Å². The lowest BCUT2D eigenvalue weighted by Crippen LogP contribution is -2.28. The maximum atomic E-state index is 9.92. The highest BCUT2D eigenvalue weighted by Crippen LogP contribution is 2.57. The number of phenolic OH excluding ortho intramolecular Hbond substituents is 1. The Labute approximate surface area is 249 Å². The predicted molar refractivity (Wildman–Crippen MR) is 172 cm³/mol. The minimum Gasteiger partial charge on any atom is -0.508 e. The fourth-order valence-corrected chi connectivity index (χ4v) is 6.03. The van der Waals surface area contributed by atoms with Gasteiger partial charge in [-0.3, -0.25) is 0 Å². The van der Waals surface area contributed by atoms with Crippen LogP contribution in [0.25, 0.3) is 22.3 Å². The maximum absolute atomic E-state index is 9.92. The molecule has 5 aromatic carbocycles. The highest BCUT2D eigenvalue weighted by atomic mass is 16.5. The van der Waals surface area contributed by atoms with Crippen molar-refractivity contribution in [1.82, 2.24) is 0 Å². The van der Waals surface area contributed by atoms with Gasteiger partial charge in [0.1, 0.15) is 17.2 Å². The van der Waals surface area contributed by atoms with Gasteiger partial charge < -0.3 is 14.6 Å². The van der Waals surface area contributed by atoms with Gasteiger partial charge in [0.25, 0.3) is 0 Å². The lowest BCUT2D eigenvalue weighted by Gasteiger charge is -2.34. The minimum absolute atomic E-state index is 0.265. The SMILES string of the molecule is CC(C)COc1ccc(C2(c3ccc(OCC(C)C)cc3)c3ccccc3-c3ccc(-c4ccc(O)cc4)cc32)cc1. The van der Waals surface area contributed by atoms with Crippen LogP contribution >= 0.6 is 0 Å². The van der Waals surface area contributed by atoms with E-state index in [1.165, 1.54) is 33.4 Å². The first-order valence-electron chi connectivity index (χ1n) is 14.9.